The number of nitrogens with one attached hydrogen (secondary N) is 1. The minimum Gasteiger partial charge on any atom is -0.314 e. The minimum absolute atomic E-state index is 0.416. The van der Waals surface area contributed by atoms with Crippen LogP contribution in [0.15, 0.2) is 0 Å². The van der Waals surface area contributed by atoms with Crippen LogP contribution in [0.4, 0.5) is 0 Å². The zero-order valence-electron chi connectivity index (χ0n) is 6.70. The highest BCUT2D eigenvalue weighted by Gasteiger charge is 2.06. The van der Waals surface area contributed by atoms with E-state index < -0.39 is 0 Å². The van der Waals surface area contributed by atoms with E-state index in [0.29, 0.717) is 6.54 Å². The Morgan fingerprint density at radius 2 is 2.09 bits per heavy atom. The second-order valence-corrected chi connectivity index (χ2v) is 2.39. The molecule has 2 N–H and O–H groups in total. The lowest BCUT2D eigenvalue weighted by Crippen LogP contribution is -2.13. The smallest absolute Gasteiger partial charge is 0.102 e. The van der Waals surface area contributed by atoms with Crippen LogP contribution in [-0.4, -0.2) is 32.7 Å². The van der Waals surface area contributed by atoms with Crippen LogP contribution in [0, 0.1) is 0 Å². The van der Waals surface area contributed by atoms with Gasteiger partial charge in [-0.3, -0.25) is 0 Å². The maximum absolute atomic E-state index is 8.90. The Morgan fingerprint density at radius 1 is 1.45 bits per heavy atom. The van der Waals surface area contributed by atoms with Crippen LogP contribution in [0.25, 0.3) is 0 Å². The Kier molecular flexibility index (Phi) is 2.56. The highest BCUT2D eigenvalue weighted by molar-refractivity contribution is 5.07. The van der Waals surface area contributed by atoms with Crippen molar-refractivity contribution in [3.8, 4) is 0 Å². The van der Waals surface area contributed by atoms with E-state index in [9.17, 15) is 0 Å². The van der Waals surface area contributed by atoms with Crippen molar-refractivity contribution >= 4 is 0 Å². The van der Waals surface area contributed by atoms with E-state index in [-0.39, 0.29) is 0 Å². The molecule has 0 spiro atoms. The highest BCUT2D eigenvalue weighted by atomic mass is 16.5. The van der Waals surface area contributed by atoms with Crippen molar-refractivity contribution in [3.05, 3.63) is 11.4 Å². The molecule has 5 heteroatoms. The van der Waals surface area contributed by atoms with E-state index >= 15 is 0 Å². The first kappa shape index (κ1) is 8.16. The molecule has 0 saturated heterocycles. The third-order valence-corrected chi connectivity index (χ3v) is 1.42. The Hall–Kier alpha value is -0.940. The molecule has 0 saturated carbocycles. The van der Waals surface area contributed by atoms with Gasteiger partial charge in [0, 0.05) is 7.05 Å². The van der Waals surface area contributed by atoms with E-state index in [0.717, 1.165) is 22.9 Å². The van der Waals surface area contributed by atoms with Crippen LogP contribution in [0.2, 0.25) is 0 Å². The number of rotatable bonds is 3. The summed E-state index contributed by atoms with van der Waals surface area (Å²) in [5, 5.41) is 20.3. The molecule has 1 rings (SSSR count). The fourth-order valence-corrected chi connectivity index (χ4v) is 0.901. The number of aromatic amines is 1. The molecule has 1 aromatic heterocycles. The molecule has 0 aromatic carbocycles. The third-order valence-electron chi connectivity index (χ3n) is 1.42. The summed E-state index contributed by atoms with van der Waals surface area (Å²) in [5.74, 6) is 0. The summed E-state index contributed by atoms with van der Waals surface area (Å²) in [6, 6.07) is 0. The topological polar surface area (TPSA) is 65.0 Å². The second-order valence-electron chi connectivity index (χ2n) is 2.39. The fraction of sp³-hybridized carbons (Fsp3) is 0.667. The maximum Gasteiger partial charge on any atom is 0.102 e. The van der Waals surface area contributed by atoms with E-state index in [2.05, 4.69) is 15.4 Å². The molecule has 0 amide bonds. The monoisotopic (exact) mass is 156 g/mol. The van der Waals surface area contributed by atoms with Gasteiger partial charge in [0.15, 0.2) is 0 Å². The summed E-state index contributed by atoms with van der Waals surface area (Å²) < 4.78 is 0. The van der Waals surface area contributed by atoms with Gasteiger partial charge in [0.1, 0.15) is 5.69 Å². The Balaban J connectivity index is 2.68. The zero-order chi connectivity index (χ0) is 8.27. The van der Waals surface area contributed by atoms with Crippen LogP contribution >= 0.6 is 0 Å². The SMILES string of the molecule is CCc1n[nH]nc1CN(C)O. The first-order valence-corrected chi connectivity index (χ1v) is 3.52. The zero-order valence-corrected chi connectivity index (χ0v) is 6.70. The fourth-order valence-electron chi connectivity index (χ4n) is 0.901. The molecule has 0 bridgehead atoms. The van der Waals surface area contributed by atoms with E-state index in [1.165, 1.54) is 0 Å². The molecule has 1 aromatic rings. The summed E-state index contributed by atoms with van der Waals surface area (Å²) in [6.07, 6.45) is 0.833. The van der Waals surface area contributed by atoms with Gasteiger partial charge in [-0.2, -0.15) is 20.5 Å². The first-order valence-electron chi connectivity index (χ1n) is 3.52. The van der Waals surface area contributed by atoms with Crippen LogP contribution in [-0.2, 0) is 13.0 Å². The molecule has 0 aliphatic heterocycles. The number of aromatic nitrogens is 3. The van der Waals surface area contributed by atoms with E-state index in [4.69, 9.17) is 5.21 Å². The molecule has 1 heterocycles. The number of nitrogens with zero attached hydrogens (tertiary/aromatic N) is 3. The Morgan fingerprint density at radius 3 is 2.64 bits per heavy atom. The standard InChI is InChI=1S/C6H12N4O/c1-3-5-6(4-10(2)11)8-9-7-5/h11H,3-4H2,1-2H3,(H,7,8,9). The predicted molar refractivity (Wildman–Crippen MR) is 39.0 cm³/mol. The predicted octanol–water partition coefficient (Wildman–Crippen LogP) is 0.188. The van der Waals surface area contributed by atoms with Crippen molar-refractivity contribution in [2.24, 2.45) is 0 Å². The molecule has 5 nitrogen and oxygen atoms in total. The van der Waals surface area contributed by atoms with Gasteiger partial charge < -0.3 is 5.21 Å². The van der Waals surface area contributed by atoms with Gasteiger partial charge in [0.05, 0.1) is 12.2 Å². The van der Waals surface area contributed by atoms with E-state index in [1.54, 1.807) is 7.05 Å². The number of hydrogen-bond donors (Lipinski definition) is 2. The molecule has 11 heavy (non-hydrogen) atoms. The lowest BCUT2D eigenvalue weighted by Gasteiger charge is -2.04. The van der Waals surface area contributed by atoms with Crippen LogP contribution in [0.1, 0.15) is 18.3 Å². The normalized spacial score (nSPS) is 10.9. The lowest BCUT2D eigenvalue weighted by atomic mass is 10.2. The summed E-state index contributed by atoms with van der Waals surface area (Å²) >= 11 is 0. The molecule has 0 aliphatic carbocycles. The van der Waals surface area contributed by atoms with Gasteiger partial charge in [0.25, 0.3) is 0 Å². The minimum atomic E-state index is 0.416. The molecule has 0 unspecified atom stereocenters. The second kappa shape index (κ2) is 3.45. The molecule has 62 valence electrons. The molecular formula is C6H12N4O. The van der Waals surface area contributed by atoms with Gasteiger partial charge in [-0.1, -0.05) is 6.92 Å². The summed E-state index contributed by atoms with van der Waals surface area (Å²) in [5.41, 5.74) is 1.71. The number of H-pyrrole nitrogens is 1. The quantitative estimate of drug-likeness (QED) is 0.613. The van der Waals surface area contributed by atoms with Gasteiger partial charge in [-0.25, -0.2) is 0 Å². The van der Waals surface area contributed by atoms with Crippen LogP contribution in [0.3, 0.4) is 0 Å². The average molecular weight is 156 g/mol. The third kappa shape index (κ3) is 1.99. The largest absolute Gasteiger partial charge is 0.314 e. The molecule has 0 radical (unpaired) electrons. The molecular weight excluding hydrogens is 144 g/mol. The molecule has 0 atom stereocenters. The highest BCUT2D eigenvalue weighted by Crippen LogP contribution is 2.02. The number of hydroxylamine groups is 2. The van der Waals surface area contributed by atoms with Crippen molar-refractivity contribution in [2.45, 2.75) is 19.9 Å². The lowest BCUT2D eigenvalue weighted by molar-refractivity contribution is -0.0742. The van der Waals surface area contributed by atoms with Crippen LogP contribution in [0.5, 0.6) is 0 Å². The summed E-state index contributed by atoms with van der Waals surface area (Å²) in [4.78, 5) is 0. The number of hydrogen-bond acceptors (Lipinski definition) is 4. The Labute approximate surface area is 65.0 Å². The summed E-state index contributed by atoms with van der Waals surface area (Å²) in [6.45, 7) is 2.42. The van der Waals surface area contributed by atoms with Crippen molar-refractivity contribution in [3.63, 3.8) is 0 Å². The van der Waals surface area contributed by atoms with Crippen LogP contribution < -0.4 is 0 Å². The summed E-state index contributed by atoms with van der Waals surface area (Å²) in [7, 11) is 1.58. The van der Waals surface area contributed by atoms with Crippen molar-refractivity contribution < 1.29 is 5.21 Å². The van der Waals surface area contributed by atoms with Crippen molar-refractivity contribution in [1.82, 2.24) is 20.5 Å². The average Bonchev–Trinajstić information content (AvgIpc) is 2.34. The van der Waals surface area contributed by atoms with Gasteiger partial charge in [-0.15, -0.1) is 0 Å². The van der Waals surface area contributed by atoms with Crippen molar-refractivity contribution in [2.75, 3.05) is 7.05 Å². The molecule has 0 fully saturated rings. The molecule has 0 aliphatic rings. The van der Waals surface area contributed by atoms with Gasteiger partial charge in [0.2, 0.25) is 0 Å². The van der Waals surface area contributed by atoms with E-state index in [1.807, 2.05) is 6.92 Å². The maximum atomic E-state index is 8.90. The van der Waals surface area contributed by atoms with Gasteiger partial charge in [-0.05, 0) is 6.42 Å². The first-order chi connectivity index (χ1) is 5.24. The Bertz CT molecular complexity index is 220. The number of aryl methyl sites for hydroxylation is 1. The van der Waals surface area contributed by atoms with Gasteiger partial charge >= 0.3 is 0 Å². The van der Waals surface area contributed by atoms with Crippen molar-refractivity contribution in [1.29, 1.82) is 0 Å².